The lowest BCUT2D eigenvalue weighted by Gasteiger charge is -2.05. The summed E-state index contributed by atoms with van der Waals surface area (Å²) in [7, 11) is 0. The molecule has 1 heterocycles. The first-order chi connectivity index (χ1) is 7.56. The second-order valence-corrected chi connectivity index (χ2v) is 3.93. The molecule has 0 spiro atoms. The van der Waals surface area contributed by atoms with Crippen molar-refractivity contribution in [2.24, 2.45) is 0 Å². The van der Waals surface area contributed by atoms with Gasteiger partial charge in [-0.2, -0.15) is 0 Å². The van der Waals surface area contributed by atoms with Gasteiger partial charge < -0.3 is 4.74 Å². The lowest BCUT2D eigenvalue weighted by molar-refractivity contribution is -0.131. The molecular weight excluding hydrogens is 226 g/mol. The van der Waals surface area contributed by atoms with Gasteiger partial charge in [0.2, 0.25) is 0 Å². The van der Waals surface area contributed by atoms with Crippen LogP contribution in [0.25, 0.3) is 10.9 Å². The lowest BCUT2D eigenvalue weighted by atomic mass is 10.1. The number of hydrogen-bond acceptors (Lipinski definition) is 3. The number of carbonyl (C=O) groups excluding carboxylic acids is 1. The van der Waals surface area contributed by atoms with Crippen LogP contribution in [0.2, 0.25) is 5.15 Å². The highest BCUT2D eigenvalue weighted by molar-refractivity contribution is 6.31. The van der Waals surface area contributed by atoms with Crippen molar-refractivity contribution >= 4 is 28.5 Å². The van der Waals surface area contributed by atoms with Crippen LogP contribution in [0.3, 0.4) is 0 Å². The number of ether oxygens (including phenoxy) is 1. The Bertz CT molecular complexity index is 566. The number of aryl methyl sites for hydroxylation is 1. The molecule has 0 radical (unpaired) electrons. The molecule has 0 amide bonds. The smallest absolute Gasteiger partial charge is 0.308 e. The van der Waals surface area contributed by atoms with Gasteiger partial charge in [0.25, 0.3) is 0 Å². The molecular formula is C12H10ClNO2. The summed E-state index contributed by atoms with van der Waals surface area (Å²) >= 11 is 5.90. The monoisotopic (exact) mass is 235 g/mol. The third kappa shape index (κ3) is 2.14. The highest BCUT2D eigenvalue weighted by Crippen LogP contribution is 2.27. The van der Waals surface area contributed by atoms with Crippen LogP contribution in [-0.2, 0) is 4.79 Å². The van der Waals surface area contributed by atoms with Crippen LogP contribution in [0.4, 0.5) is 0 Å². The van der Waals surface area contributed by atoms with E-state index < -0.39 is 5.97 Å². The minimum Gasteiger partial charge on any atom is -0.423 e. The molecule has 3 nitrogen and oxygen atoms in total. The van der Waals surface area contributed by atoms with Crippen LogP contribution < -0.4 is 4.74 Å². The van der Waals surface area contributed by atoms with Crippen molar-refractivity contribution in [3.8, 4) is 5.75 Å². The van der Waals surface area contributed by atoms with Crippen LogP contribution in [-0.4, -0.2) is 11.0 Å². The predicted octanol–water partition coefficient (Wildman–Crippen LogP) is 3.12. The number of fused-ring (bicyclic) bond motifs is 1. The summed E-state index contributed by atoms with van der Waals surface area (Å²) in [6.07, 6.45) is 0. The zero-order valence-corrected chi connectivity index (χ0v) is 9.71. The molecule has 2 aromatic rings. The van der Waals surface area contributed by atoms with E-state index in [1.165, 1.54) is 6.92 Å². The molecule has 2 rings (SSSR count). The first-order valence-electron chi connectivity index (χ1n) is 4.81. The van der Waals surface area contributed by atoms with E-state index in [0.29, 0.717) is 5.75 Å². The van der Waals surface area contributed by atoms with E-state index in [2.05, 4.69) is 4.98 Å². The average molecular weight is 236 g/mol. The number of benzene rings is 1. The first kappa shape index (κ1) is 10.9. The standard InChI is InChI=1S/C12H10ClNO2/c1-7-3-4-10-9(5-7)6-11(12(13)14-10)16-8(2)15/h3-6H,1-2H3. The summed E-state index contributed by atoms with van der Waals surface area (Å²) in [4.78, 5) is 15.0. The van der Waals surface area contributed by atoms with Gasteiger partial charge in [-0.1, -0.05) is 23.2 Å². The number of aromatic nitrogens is 1. The maximum Gasteiger partial charge on any atom is 0.308 e. The van der Waals surface area contributed by atoms with Crippen LogP contribution in [0.5, 0.6) is 5.75 Å². The van der Waals surface area contributed by atoms with Gasteiger partial charge in [0.15, 0.2) is 10.9 Å². The van der Waals surface area contributed by atoms with Crippen molar-refractivity contribution in [2.75, 3.05) is 0 Å². The third-order valence-electron chi connectivity index (χ3n) is 2.15. The zero-order chi connectivity index (χ0) is 11.7. The molecule has 0 aliphatic rings. The predicted molar refractivity (Wildman–Crippen MR) is 62.8 cm³/mol. The fourth-order valence-corrected chi connectivity index (χ4v) is 1.66. The molecule has 16 heavy (non-hydrogen) atoms. The quantitative estimate of drug-likeness (QED) is 0.563. The molecule has 0 unspecified atom stereocenters. The number of nitrogens with zero attached hydrogens (tertiary/aromatic N) is 1. The second-order valence-electron chi connectivity index (χ2n) is 3.57. The summed E-state index contributed by atoms with van der Waals surface area (Å²) in [5.74, 6) is -0.108. The maximum absolute atomic E-state index is 10.9. The molecule has 0 aliphatic heterocycles. The minimum atomic E-state index is -0.407. The number of rotatable bonds is 1. The first-order valence-corrected chi connectivity index (χ1v) is 5.19. The molecule has 0 fully saturated rings. The minimum absolute atomic E-state index is 0.201. The van der Waals surface area contributed by atoms with Gasteiger partial charge in [0.1, 0.15) is 0 Å². The molecule has 0 saturated carbocycles. The van der Waals surface area contributed by atoms with Gasteiger partial charge in [-0.25, -0.2) is 4.98 Å². The summed E-state index contributed by atoms with van der Waals surface area (Å²) in [5, 5.41) is 1.10. The fourth-order valence-electron chi connectivity index (χ4n) is 1.48. The van der Waals surface area contributed by atoms with Crippen LogP contribution in [0.1, 0.15) is 12.5 Å². The topological polar surface area (TPSA) is 39.2 Å². The van der Waals surface area contributed by atoms with Crippen molar-refractivity contribution in [1.29, 1.82) is 0 Å². The Labute approximate surface area is 98.0 Å². The fraction of sp³-hybridized carbons (Fsp3) is 0.167. The third-order valence-corrected chi connectivity index (χ3v) is 2.42. The Hall–Kier alpha value is -1.61. The molecule has 0 atom stereocenters. The number of hydrogen-bond donors (Lipinski definition) is 0. The second kappa shape index (κ2) is 4.10. The van der Waals surface area contributed by atoms with Crippen molar-refractivity contribution in [3.63, 3.8) is 0 Å². The largest absolute Gasteiger partial charge is 0.423 e. The normalized spacial score (nSPS) is 10.4. The van der Waals surface area contributed by atoms with Crippen LogP contribution in [0, 0.1) is 6.92 Å². The van der Waals surface area contributed by atoms with E-state index in [1.807, 2.05) is 25.1 Å². The Morgan fingerprint density at radius 1 is 1.38 bits per heavy atom. The van der Waals surface area contributed by atoms with Gasteiger partial charge in [-0.3, -0.25) is 4.79 Å². The summed E-state index contributed by atoms with van der Waals surface area (Å²) in [6, 6.07) is 7.52. The van der Waals surface area contributed by atoms with E-state index in [4.69, 9.17) is 16.3 Å². The van der Waals surface area contributed by atoms with E-state index >= 15 is 0 Å². The van der Waals surface area contributed by atoms with Crippen molar-refractivity contribution in [1.82, 2.24) is 4.98 Å². The van der Waals surface area contributed by atoms with Gasteiger partial charge in [0.05, 0.1) is 5.52 Å². The highest BCUT2D eigenvalue weighted by atomic mass is 35.5. The van der Waals surface area contributed by atoms with Gasteiger partial charge >= 0.3 is 5.97 Å². The van der Waals surface area contributed by atoms with E-state index in [-0.39, 0.29) is 5.15 Å². The molecule has 4 heteroatoms. The van der Waals surface area contributed by atoms with Gasteiger partial charge in [-0.15, -0.1) is 0 Å². The Morgan fingerprint density at radius 3 is 2.81 bits per heavy atom. The SMILES string of the molecule is CC(=O)Oc1cc2cc(C)ccc2nc1Cl. The highest BCUT2D eigenvalue weighted by Gasteiger charge is 2.08. The maximum atomic E-state index is 10.9. The van der Waals surface area contributed by atoms with Crippen LogP contribution in [0.15, 0.2) is 24.3 Å². The number of carbonyl (C=O) groups is 1. The van der Waals surface area contributed by atoms with E-state index in [0.717, 1.165) is 16.5 Å². The number of esters is 1. The van der Waals surface area contributed by atoms with Crippen molar-refractivity contribution in [2.45, 2.75) is 13.8 Å². The summed E-state index contributed by atoms with van der Waals surface area (Å²) < 4.78 is 4.96. The molecule has 82 valence electrons. The van der Waals surface area contributed by atoms with Crippen molar-refractivity contribution < 1.29 is 9.53 Å². The molecule has 0 bridgehead atoms. The van der Waals surface area contributed by atoms with Gasteiger partial charge in [0, 0.05) is 12.3 Å². The zero-order valence-electron chi connectivity index (χ0n) is 8.95. The summed E-state index contributed by atoms with van der Waals surface area (Å²) in [5.41, 5.74) is 1.90. The Kier molecular flexibility index (Phi) is 2.79. The van der Waals surface area contributed by atoms with Gasteiger partial charge in [-0.05, 0) is 25.1 Å². The summed E-state index contributed by atoms with van der Waals surface area (Å²) in [6.45, 7) is 3.32. The number of pyridine rings is 1. The Morgan fingerprint density at radius 2 is 2.12 bits per heavy atom. The Balaban J connectivity index is 2.59. The molecule has 1 aromatic heterocycles. The molecule has 1 aromatic carbocycles. The van der Waals surface area contributed by atoms with E-state index in [1.54, 1.807) is 6.07 Å². The number of halogens is 1. The van der Waals surface area contributed by atoms with Crippen LogP contribution >= 0.6 is 11.6 Å². The molecule has 0 N–H and O–H groups in total. The molecule has 0 aliphatic carbocycles. The lowest BCUT2D eigenvalue weighted by Crippen LogP contribution is -2.02. The molecule has 0 saturated heterocycles. The van der Waals surface area contributed by atoms with E-state index in [9.17, 15) is 4.79 Å². The van der Waals surface area contributed by atoms with Crippen molar-refractivity contribution in [3.05, 3.63) is 35.0 Å². The average Bonchev–Trinajstić information content (AvgIpc) is 2.19.